The second-order valence-electron chi connectivity index (χ2n) is 5.45. The fourth-order valence-corrected chi connectivity index (χ4v) is 2.85. The summed E-state index contributed by atoms with van der Waals surface area (Å²) in [5.74, 6) is 1.52. The molecular formula is C16H20N4O3. The molecule has 1 aromatic carbocycles. The number of carbonyl (C=O) groups excluding carboxylic acids is 1. The molecule has 7 heteroatoms. The van der Waals surface area contributed by atoms with Crippen LogP contribution in [0.2, 0.25) is 0 Å². The molecule has 0 saturated carbocycles. The molecule has 1 aliphatic rings. The van der Waals surface area contributed by atoms with Crippen molar-refractivity contribution in [3.05, 3.63) is 35.9 Å². The van der Waals surface area contributed by atoms with E-state index in [1.54, 1.807) is 25.2 Å². The largest absolute Gasteiger partial charge is 0.493 e. The van der Waals surface area contributed by atoms with Crippen LogP contribution in [-0.2, 0) is 24.2 Å². The number of ether oxygens (including phenoxy) is 2. The molecule has 122 valence electrons. The Morgan fingerprint density at radius 3 is 2.22 bits per heavy atom. The molecule has 0 fully saturated rings. The van der Waals surface area contributed by atoms with E-state index in [1.165, 1.54) is 17.5 Å². The number of nitrogens with zero attached hydrogens (tertiary/aromatic N) is 4. The monoisotopic (exact) mass is 316 g/mol. The van der Waals surface area contributed by atoms with Gasteiger partial charge < -0.3 is 14.4 Å². The van der Waals surface area contributed by atoms with Crippen molar-refractivity contribution in [1.82, 2.24) is 19.7 Å². The number of carbonyl (C=O) groups is 1. The molecule has 7 nitrogen and oxygen atoms in total. The Kier molecular flexibility index (Phi) is 4.45. The highest BCUT2D eigenvalue weighted by molar-refractivity contribution is 5.76. The molecule has 1 amide bonds. The third-order valence-electron chi connectivity index (χ3n) is 4.12. The van der Waals surface area contributed by atoms with E-state index in [-0.39, 0.29) is 12.5 Å². The van der Waals surface area contributed by atoms with Gasteiger partial charge in [-0.2, -0.15) is 5.10 Å². The standard InChI is InChI=1S/C16H20N4O3/c1-22-14-7-12-3-5-19(6-4-13(12)8-15(14)23-2)16(21)9-20-11-17-10-18-20/h7-8,10-11H,3-6,9H2,1-2H3. The number of hydrogen-bond acceptors (Lipinski definition) is 5. The molecule has 0 aliphatic carbocycles. The van der Waals surface area contributed by atoms with E-state index in [1.807, 2.05) is 17.0 Å². The minimum atomic E-state index is 0.0576. The zero-order valence-electron chi connectivity index (χ0n) is 13.4. The van der Waals surface area contributed by atoms with Gasteiger partial charge in [-0.25, -0.2) is 9.67 Å². The summed E-state index contributed by atoms with van der Waals surface area (Å²) in [5, 5.41) is 3.98. The second-order valence-corrected chi connectivity index (χ2v) is 5.45. The van der Waals surface area contributed by atoms with Crippen LogP contribution in [0.4, 0.5) is 0 Å². The van der Waals surface area contributed by atoms with E-state index in [4.69, 9.17) is 9.47 Å². The van der Waals surface area contributed by atoms with E-state index in [2.05, 4.69) is 10.1 Å². The quantitative estimate of drug-likeness (QED) is 0.839. The molecule has 0 spiro atoms. The predicted molar refractivity (Wildman–Crippen MR) is 83.6 cm³/mol. The van der Waals surface area contributed by atoms with Gasteiger partial charge in [-0.15, -0.1) is 0 Å². The summed E-state index contributed by atoms with van der Waals surface area (Å²) >= 11 is 0. The van der Waals surface area contributed by atoms with E-state index in [0.717, 1.165) is 24.3 Å². The lowest BCUT2D eigenvalue weighted by molar-refractivity contribution is -0.131. The van der Waals surface area contributed by atoms with Gasteiger partial charge >= 0.3 is 0 Å². The highest BCUT2D eigenvalue weighted by Crippen LogP contribution is 2.32. The van der Waals surface area contributed by atoms with Gasteiger partial charge in [0.05, 0.1) is 14.2 Å². The average Bonchev–Trinajstić information content (AvgIpc) is 2.98. The molecule has 1 aromatic heterocycles. The Bertz CT molecular complexity index is 650. The Balaban J connectivity index is 1.73. The maximum Gasteiger partial charge on any atom is 0.244 e. The summed E-state index contributed by atoms with van der Waals surface area (Å²) in [4.78, 5) is 18.1. The van der Waals surface area contributed by atoms with E-state index in [9.17, 15) is 4.79 Å². The third-order valence-corrected chi connectivity index (χ3v) is 4.12. The van der Waals surface area contributed by atoms with Crippen molar-refractivity contribution in [1.29, 1.82) is 0 Å². The number of rotatable bonds is 4. The molecule has 0 bridgehead atoms. The summed E-state index contributed by atoms with van der Waals surface area (Å²) in [6.07, 6.45) is 4.60. The Morgan fingerprint density at radius 1 is 1.13 bits per heavy atom. The number of aromatic nitrogens is 3. The number of benzene rings is 1. The topological polar surface area (TPSA) is 69.5 Å². The molecule has 0 unspecified atom stereocenters. The molecule has 2 aromatic rings. The first-order chi connectivity index (χ1) is 11.2. The zero-order valence-corrected chi connectivity index (χ0v) is 13.4. The van der Waals surface area contributed by atoms with Crippen molar-refractivity contribution < 1.29 is 14.3 Å². The zero-order chi connectivity index (χ0) is 16.2. The first-order valence-corrected chi connectivity index (χ1v) is 7.55. The van der Waals surface area contributed by atoms with Gasteiger partial charge in [-0.1, -0.05) is 0 Å². The average molecular weight is 316 g/mol. The van der Waals surface area contributed by atoms with Gasteiger partial charge in [-0.3, -0.25) is 4.79 Å². The molecule has 23 heavy (non-hydrogen) atoms. The lowest BCUT2D eigenvalue weighted by atomic mass is 10.0. The van der Waals surface area contributed by atoms with Crippen LogP contribution in [0.1, 0.15) is 11.1 Å². The molecule has 3 rings (SSSR count). The van der Waals surface area contributed by atoms with Crippen LogP contribution in [0.5, 0.6) is 11.5 Å². The second kappa shape index (κ2) is 6.68. The normalized spacial score (nSPS) is 14.1. The smallest absolute Gasteiger partial charge is 0.244 e. The molecule has 0 N–H and O–H groups in total. The number of methoxy groups -OCH3 is 2. The van der Waals surface area contributed by atoms with Crippen molar-refractivity contribution >= 4 is 5.91 Å². The minimum absolute atomic E-state index is 0.0576. The fraction of sp³-hybridized carbons (Fsp3) is 0.438. The summed E-state index contributed by atoms with van der Waals surface area (Å²) in [6, 6.07) is 4.03. The van der Waals surface area contributed by atoms with Crippen LogP contribution in [0.3, 0.4) is 0 Å². The first-order valence-electron chi connectivity index (χ1n) is 7.55. The van der Waals surface area contributed by atoms with Crippen molar-refractivity contribution in [2.45, 2.75) is 19.4 Å². The van der Waals surface area contributed by atoms with Crippen LogP contribution in [0, 0.1) is 0 Å². The Morgan fingerprint density at radius 2 is 1.74 bits per heavy atom. The maximum atomic E-state index is 12.4. The molecule has 0 saturated heterocycles. The Labute approximate surface area is 134 Å². The summed E-state index contributed by atoms with van der Waals surface area (Å²) in [5.41, 5.74) is 2.41. The molecule has 0 radical (unpaired) electrons. The van der Waals surface area contributed by atoms with Crippen LogP contribution < -0.4 is 9.47 Å². The molecular weight excluding hydrogens is 296 g/mol. The molecule has 1 aliphatic heterocycles. The van der Waals surface area contributed by atoms with Crippen LogP contribution in [0.25, 0.3) is 0 Å². The van der Waals surface area contributed by atoms with Crippen molar-refractivity contribution in [2.75, 3.05) is 27.3 Å². The van der Waals surface area contributed by atoms with Gasteiger partial charge in [0, 0.05) is 13.1 Å². The van der Waals surface area contributed by atoms with Crippen molar-refractivity contribution in [2.24, 2.45) is 0 Å². The molecule has 2 heterocycles. The predicted octanol–water partition coefficient (Wildman–Crippen LogP) is 0.923. The molecule has 0 atom stereocenters. The fourth-order valence-electron chi connectivity index (χ4n) is 2.85. The highest BCUT2D eigenvalue weighted by atomic mass is 16.5. The van der Waals surface area contributed by atoms with Crippen LogP contribution in [0.15, 0.2) is 24.8 Å². The van der Waals surface area contributed by atoms with Gasteiger partial charge in [0.1, 0.15) is 19.2 Å². The van der Waals surface area contributed by atoms with Gasteiger partial charge in [-0.05, 0) is 36.1 Å². The lowest BCUT2D eigenvalue weighted by Gasteiger charge is -2.19. The van der Waals surface area contributed by atoms with Crippen LogP contribution in [-0.4, -0.2) is 52.9 Å². The van der Waals surface area contributed by atoms with Crippen molar-refractivity contribution in [3.63, 3.8) is 0 Å². The van der Waals surface area contributed by atoms with E-state index >= 15 is 0 Å². The summed E-state index contributed by atoms with van der Waals surface area (Å²) < 4.78 is 12.3. The lowest BCUT2D eigenvalue weighted by Crippen LogP contribution is -2.35. The first kappa shape index (κ1) is 15.3. The van der Waals surface area contributed by atoms with E-state index < -0.39 is 0 Å². The highest BCUT2D eigenvalue weighted by Gasteiger charge is 2.20. The van der Waals surface area contributed by atoms with Gasteiger partial charge in [0.25, 0.3) is 0 Å². The summed E-state index contributed by atoms with van der Waals surface area (Å²) in [6.45, 7) is 1.61. The number of hydrogen-bond donors (Lipinski definition) is 0. The Hall–Kier alpha value is -2.57. The SMILES string of the molecule is COc1cc2c(cc1OC)CCN(C(=O)Cn1cncn1)CC2. The van der Waals surface area contributed by atoms with Gasteiger partial charge in [0.15, 0.2) is 11.5 Å². The summed E-state index contributed by atoms with van der Waals surface area (Å²) in [7, 11) is 3.27. The third kappa shape index (κ3) is 3.28. The van der Waals surface area contributed by atoms with E-state index in [0.29, 0.717) is 13.1 Å². The number of fused-ring (bicyclic) bond motifs is 1. The maximum absolute atomic E-state index is 12.4. The van der Waals surface area contributed by atoms with Crippen molar-refractivity contribution in [3.8, 4) is 11.5 Å². The van der Waals surface area contributed by atoms with Crippen LogP contribution >= 0.6 is 0 Å². The number of amides is 1. The minimum Gasteiger partial charge on any atom is -0.493 e. The van der Waals surface area contributed by atoms with Gasteiger partial charge in [0.2, 0.25) is 5.91 Å².